The minimum absolute atomic E-state index is 0.000314. The third-order valence-electron chi connectivity index (χ3n) is 2.61. The number of aliphatic hydroxyl groups excluding tert-OH is 1. The highest BCUT2D eigenvalue weighted by molar-refractivity contribution is 6.30. The second kappa shape index (κ2) is 4.68. The summed E-state index contributed by atoms with van der Waals surface area (Å²) in [6.07, 6.45) is 4.38. The first-order valence-electron chi connectivity index (χ1n) is 5.05. The predicted octanol–water partition coefficient (Wildman–Crippen LogP) is 2.16. The first-order valence-corrected chi connectivity index (χ1v) is 5.43. The number of rotatable bonds is 3. The van der Waals surface area contributed by atoms with Gasteiger partial charge in [-0.3, -0.25) is 0 Å². The van der Waals surface area contributed by atoms with E-state index >= 15 is 0 Å². The number of benzene rings is 1. The first-order chi connectivity index (χ1) is 7.70. The van der Waals surface area contributed by atoms with Crippen molar-refractivity contribution in [3.8, 4) is 0 Å². The molecule has 2 aromatic rings. The number of imidazole rings is 1. The lowest BCUT2D eigenvalue weighted by molar-refractivity contribution is 0.280. The highest BCUT2D eigenvalue weighted by Gasteiger charge is 2.06. The van der Waals surface area contributed by atoms with Gasteiger partial charge in [0, 0.05) is 30.9 Å². The van der Waals surface area contributed by atoms with Crippen molar-refractivity contribution >= 4 is 11.6 Å². The molecule has 84 valence electrons. The molecule has 3 nitrogen and oxygen atoms in total. The second-order valence-electron chi connectivity index (χ2n) is 3.70. The predicted molar refractivity (Wildman–Crippen MR) is 63.4 cm³/mol. The summed E-state index contributed by atoms with van der Waals surface area (Å²) in [5.41, 5.74) is 1.91. The van der Waals surface area contributed by atoms with Crippen molar-refractivity contribution in [2.45, 2.75) is 13.0 Å². The summed E-state index contributed by atoms with van der Waals surface area (Å²) in [6.45, 7) is 0.000314. The van der Waals surface area contributed by atoms with Crippen molar-refractivity contribution in [1.82, 2.24) is 9.55 Å². The number of hydrogen-bond acceptors (Lipinski definition) is 2. The molecule has 1 aromatic carbocycles. The minimum atomic E-state index is 0.000314. The Hall–Kier alpha value is -1.32. The fourth-order valence-electron chi connectivity index (χ4n) is 1.65. The van der Waals surface area contributed by atoms with Gasteiger partial charge in [-0.25, -0.2) is 4.98 Å². The summed E-state index contributed by atoms with van der Waals surface area (Å²) in [7, 11) is 1.96. The molecule has 1 heterocycles. The van der Waals surface area contributed by atoms with Gasteiger partial charge in [-0.2, -0.15) is 0 Å². The smallest absolute Gasteiger partial charge is 0.112 e. The normalized spacial score (nSPS) is 10.7. The van der Waals surface area contributed by atoms with E-state index in [-0.39, 0.29) is 6.61 Å². The number of aryl methyl sites for hydroxylation is 1. The summed E-state index contributed by atoms with van der Waals surface area (Å²) in [5, 5.41) is 9.90. The standard InChI is InChI=1S/C12H13ClN2O/c1-15-5-4-14-12(15)7-9-2-3-11(13)6-10(9)8-16/h2-6,16H,7-8H2,1H3. The molecule has 0 fully saturated rings. The van der Waals surface area contributed by atoms with Gasteiger partial charge in [-0.1, -0.05) is 17.7 Å². The molecule has 0 aliphatic carbocycles. The Morgan fingerprint density at radius 3 is 2.81 bits per heavy atom. The van der Waals surface area contributed by atoms with Gasteiger partial charge in [0.15, 0.2) is 0 Å². The average Bonchev–Trinajstić information content (AvgIpc) is 2.67. The fourth-order valence-corrected chi connectivity index (χ4v) is 1.85. The molecule has 4 heteroatoms. The van der Waals surface area contributed by atoms with Crippen molar-refractivity contribution in [2.75, 3.05) is 0 Å². The van der Waals surface area contributed by atoms with Crippen LogP contribution in [0, 0.1) is 0 Å². The topological polar surface area (TPSA) is 38.0 Å². The van der Waals surface area contributed by atoms with Crippen LogP contribution in [0.4, 0.5) is 0 Å². The van der Waals surface area contributed by atoms with Gasteiger partial charge in [-0.15, -0.1) is 0 Å². The molecule has 0 saturated heterocycles. The van der Waals surface area contributed by atoms with Crippen LogP contribution in [0.5, 0.6) is 0 Å². The molecule has 0 amide bonds. The molecular weight excluding hydrogens is 224 g/mol. The third kappa shape index (κ3) is 2.26. The molecule has 2 rings (SSSR count). The molecular formula is C12H13ClN2O. The Morgan fingerprint density at radius 1 is 1.38 bits per heavy atom. The van der Waals surface area contributed by atoms with Crippen LogP contribution in [-0.2, 0) is 20.1 Å². The molecule has 1 aromatic heterocycles. The van der Waals surface area contributed by atoms with Crippen LogP contribution < -0.4 is 0 Å². The maximum Gasteiger partial charge on any atom is 0.112 e. The van der Waals surface area contributed by atoms with Crippen LogP contribution in [0.3, 0.4) is 0 Å². The Balaban J connectivity index is 2.31. The van der Waals surface area contributed by atoms with Gasteiger partial charge in [0.25, 0.3) is 0 Å². The first kappa shape index (κ1) is 11.2. The Bertz CT molecular complexity index is 494. The lowest BCUT2D eigenvalue weighted by atomic mass is 10.0. The fraction of sp³-hybridized carbons (Fsp3) is 0.250. The monoisotopic (exact) mass is 236 g/mol. The third-order valence-corrected chi connectivity index (χ3v) is 2.84. The molecule has 16 heavy (non-hydrogen) atoms. The van der Waals surface area contributed by atoms with E-state index in [1.165, 1.54) is 0 Å². The lowest BCUT2D eigenvalue weighted by Gasteiger charge is -2.07. The zero-order valence-corrected chi connectivity index (χ0v) is 9.78. The van der Waals surface area contributed by atoms with Crippen molar-refractivity contribution in [1.29, 1.82) is 0 Å². The molecule has 0 bridgehead atoms. The summed E-state index contributed by atoms with van der Waals surface area (Å²) in [4.78, 5) is 4.26. The highest BCUT2D eigenvalue weighted by Crippen LogP contribution is 2.18. The summed E-state index contributed by atoms with van der Waals surface area (Å²) < 4.78 is 1.97. The van der Waals surface area contributed by atoms with Gasteiger partial charge in [0.05, 0.1) is 6.61 Å². The van der Waals surface area contributed by atoms with Crippen molar-refractivity contribution in [3.63, 3.8) is 0 Å². The molecule has 0 atom stereocenters. The molecule has 0 saturated carbocycles. The quantitative estimate of drug-likeness (QED) is 0.887. The zero-order valence-electron chi connectivity index (χ0n) is 9.02. The van der Waals surface area contributed by atoms with Crippen molar-refractivity contribution in [2.24, 2.45) is 7.05 Å². The maximum absolute atomic E-state index is 9.25. The number of hydrogen-bond donors (Lipinski definition) is 1. The van der Waals surface area contributed by atoms with E-state index in [9.17, 15) is 5.11 Å². The second-order valence-corrected chi connectivity index (χ2v) is 4.14. The van der Waals surface area contributed by atoms with E-state index in [1.807, 2.05) is 29.9 Å². The van der Waals surface area contributed by atoms with Crippen LogP contribution in [0.1, 0.15) is 17.0 Å². The minimum Gasteiger partial charge on any atom is -0.392 e. The molecule has 0 unspecified atom stereocenters. The average molecular weight is 237 g/mol. The van der Waals surface area contributed by atoms with Crippen LogP contribution in [0.25, 0.3) is 0 Å². The number of halogens is 1. The Kier molecular flexibility index (Phi) is 3.27. The molecule has 0 spiro atoms. The molecule has 1 N–H and O–H groups in total. The number of nitrogens with zero attached hydrogens (tertiary/aromatic N) is 2. The van der Waals surface area contributed by atoms with Gasteiger partial charge >= 0.3 is 0 Å². The van der Waals surface area contributed by atoms with Crippen molar-refractivity contribution in [3.05, 3.63) is 52.6 Å². The van der Waals surface area contributed by atoms with E-state index < -0.39 is 0 Å². The number of aromatic nitrogens is 2. The highest BCUT2D eigenvalue weighted by atomic mass is 35.5. The number of aliphatic hydroxyl groups is 1. The molecule has 0 radical (unpaired) electrons. The van der Waals surface area contributed by atoms with E-state index in [0.29, 0.717) is 11.4 Å². The Morgan fingerprint density at radius 2 is 2.19 bits per heavy atom. The summed E-state index contributed by atoms with van der Waals surface area (Å²) in [6, 6.07) is 5.56. The van der Waals surface area contributed by atoms with Gasteiger partial charge < -0.3 is 9.67 Å². The van der Waals surface area contributed by atoms with Crippen LogP contribution in [0.2, 0.25) is 5.02 Å². The lowest BCUT2D eigenvalue weighted by Crippen LogP contribution is -2.01. The molecule has 0 aliphatic rings. The molecule has 0 aliphatic heterocycles. The van der Waals surface area contributed by atoms with Gasteiger partial charge in [-0.05, 0) is 23.3 Å². The largest absolute Gasteiger partial charge is 0.392 e. The SMILES string of the molecule is Cn1ccnc1Cc1ccc(Cl)cc1CO. The van der Waals surface area contributed by atoms with Gasteiger partial charge in [0.2, 0.25) is 0 Å². The van der Waals surface area contributed by atoms with E-state index in [2.05, 4.69) is 4.98 Å². The van der Waals surface area contributed by atoms with E-state index in [0.717, 1.165) is 17.0 Å². The van der Waals surface area contributed by atoms with Crippen LogP contribution in [0.15, 0.2) is 30.6 Å². The van der Waals surface area contributed by atoms with Crippen LogP contribution in [-0.4, -0.2) is 14.7 Å². The van der Waals surface area contributed by atoms with E-state index in [1.54, 1.807) is 12.3 Å². The zero-order chi connectivity index (χ0) is 11.5. The van der Waals surface area contributed by atoms with Crippen LogP contribution >= 0.6 is 11.6 Å². The van der Waals surface area contributed by atoms with Gasteiger partial charge in [0.1, 0.15) is 5.82 Å². The Labute approximate surface area is 99.3 Å². The van der Waals surface area contributed by atoms with Crippen molar-refractivity contribution < 1.29 is 5.11 Å². The maximum atomic E-state index is 9.25. The van der Waals surface area contributed by atoms with E-state index in [4.69, 9.17) is 11.6 Å². The summed E-state index contributed by atoms with van der Waals surface area (Å²) >= 11 is 5.88. The summed E-state index contributed by atoms with van der Waals surface area (Å²) in [5.74, 6) is 0.969.